The number of primary amides is 1. The van der Waals surface area contributed by atoms with Crippen molar-refractivity contribution in [2.45, 2.75) is 13.3 Å². The number of hydrogen-bond acceptors (Lipinski definition) is 3. The quantitative estimate of drug-likeness (QED) is 0.431. The molecule has 0 fully saturated rings. The van der Waals surface area contributed by atoms with Crippen molar-refractivity contribution in [1.82, 2.24) is 5.32 Å². The predicted octanol–water partition coefficient (Wildman–Crippen LogP) is -1.21. The van der Waals surface area contributed by atoms with Crippen LogP contribution in [0.2, 0.25) is 0 Å². The number of carbonyl (C=O) groups is 2. The van der Waals surface area contributed by atoms with Gasteiger partial charge in [-0.1, -0.05) is 6.92 Å². The molecule has 0 aromatic rings. The molecule has 15 heavy (non-hydrogen) atoms. The average molecular weight is 238 g/mol. The van der Waals surface area contributed by atoms with E-state index in [1.165, 1.54) is 0 Å². The summed E-state index contributed by atoms with van der Waals surface area (Å²) >= 11 is 0. The average Bonchev–Trinajstić information content (AvgIpc) is 2.09. The Kier molecular flexibility index (Phi) is 5.49. The van der Waals surface area contributed by atoms with Crippen LogP contribution in [-0.4, -0.2) is 34.3 Å². The molecule has 0 unspecified atom stereocenters. The molecule has 2 amide bonds. The van der Waals surface area contributed by atoms with E-state index in [2.05, 4.69) is 5.32 Å². The van der Waals surface area contributed by atoms with Gasteiger partial charge >= 0.3 is 7.60 Å². The highest BCUT2D eigenvalue weighted by atomic mass is 31.2. The lowest BCUT2D eigenvalue weighted by atomic mass is 10.2. The minimum absolute atomic E-state index is 0.0787. The van der Waals surface area contributed by atoms with Gasteiger partial charge in [-0.3, -0.25) is 14.2 Å². The monoisotopic (exact) mass is 238 g/mol. The highest BCUT2D eigenvalue weighted by Crippen LogP contribution is 2.34. The third kappa shape index (κ3) is 8.11. The zero-order valence-corrected chi connectivity index (χ0v) is 9.24. The fourth-order valence-electron chi connectivity index (χ4n) is 0.703. The van der Waals surface area contributed by atoms with E-state index in [0.717, 1.165) is 0 Å². The van der Waals surface area contributed by atoms with Crippen LogP contribution in [0.1, 0.15) is 13.3 Å². The molecule has 0 saturated heterocycles. The second-order valence-electron chi connectivity index (χ2n) is 3.25. The Morgan fingerprint density at radius 2 is 2.00 bits per heavy atom. The number of nitrogens with one attached hydrogen (secondary N) is 1. The van der Waals surface area contributed by atoms with Gasteiger partial charge in [-0.15, -0.1) is 0 Å². The molecule has 0 aromatic heterocycles. The topological polar surface area (TPSA) is 130 Å². The van der Waals surface area contributed by atoms with Crippen LogP contribution in [-0.2, 0) is 14.2 Å². The van der Waals surface area contributed by atoms with Crippen LogP contribution in [0.5, 0.6) is 0 Å². The van der Waals surface area contributed by atoms with E-state index >= 15 is 0 Å². The van der Waals surface area contributed by atoms with Crippen LogP contribution in [0.4, 0.5) is 0 Å². The van der Waals surface area contributed by atoms with Gasteiger partial charge < -0.3 is 20.8 Å². The van der Waals surface area contributed by atoms with Crippen molar-refractivity contribution in [1.29, 1.82) is 0 Å². The Morgan fingerprint density at radius 3 is 2.40 bits per heavy atom. The van der Waals surface area contributed by atoms with Gasteiger partial charge in [-0.25, -0.2) is 0 Å². The van der Waals surface area contributed by atoms with Crippen LogP contribution in [0.15, 0.2) is 0 Å². The molecule has 88 valence electrons. The highest BCUT2D eigenvalue weighted by Gasteiger charge is 2.16. The van der Waals surface area contributed by atoms with E-state index in [-0.39, 0.29) is 13.0 Å². The number of amides is 2. The van der Waals surface area contributed by atoms with Crippen molar-refractivity contribution in [3.8, 4) is 0 Å². The summed E-state index contributed by atoms with van der Waals surface area (Å²) < 4.78 is 10.4. The summed E-state index contributed by atoms with van der Waals surface area (Å²) in [6.07, 6.45) is -0.764. The fraction of sp³-hybridized carbons (Fsp3) is 0.714. The minimum atomic E-state index is -4.14. The Bertz CT molecular complexity index is 287. The molecule has 0 aliphatic carbocycles. The summed E-state index contributed by atoms with van der Waals surface area (Å²) in [5.41, 5.74) is 4.95. The van der Waals surface area contributed by atoms with Crippen molar-refractivity contribution in [2.24, 2.45) is 11.7 Å². The molecule has 1 atom stereocenters. The Labute approximate surface area is 87.2 Å². The molecule has 0 rings (SSSR count). The molecule has 5 N–H and O–H groups in total. The zero-order chi connectivity index (χ0) is 12.1. The lowest BCUT2D eigenvalue weighted by Gasteiger charge is -2.09. The number of nitrogens with two attached hydrogens (primary N) is 1. The van der Waals surface area contributed by atoms with Crippen molar-refractivity contribution < 1.29 is 23.9 Å². The maximum absolute atomic E-state index is 11.0. The smallest absolute Gasteiger partial charge is 0.326 e. The van der Waals surface area contributed by atoms with Crippen molar-refractivity contribution in [3.05, 3.63) is 0 Å². The fourth-order valence-corrected chi connectivity index (χ4v) is 1.20. The molecule has 7 nitrogen and oxygen atoms in total. The van der Waals surface area contributed by atoms with Crippen LogP contribution in [0.3, 0.4) is 0 Å². The lowest BCUT2D eigenvalue weighted by molar-refractivity contribution is -0.122. The first-order valence-electron chi connectivity index (χ1n) is 4.33. The summed E-state index contributed by atoms with van der Waals surface area (Å²) in [6, 6.07) is 0. The normalized spacial score (nSPS) is 13.3. The third-order valence-corrected chi connectivity index (χ3v) is 2.53. The molecule has 0 radical (unpaired) electrons. The van der Waals surface area contributed by atoms with E-state index in [9.17, 15) is 14.2 Å². The molecule has 8 heteroatoms. The van der Waals surface area contributed by atoms with Gasteiger partial charge in [0.25, 0.3) is 0 Å². The number of hydrogen-bond donors (Lipinski definition) is 4. The standard InChI is InChI=1S/C7H15N2O5P/c1-5(7(8)11)4-9-6(10)2-3-15(12,13)14/h5H,2-4H2,1H3,(H2,8,11)(H,9,10)(H2,12,13,14)/t5-/m0/s1. The van der Waals surface area contributed by atoms with E-state index in [1.54, 1.807) is 6.92 Å². The second-order valence-corrected chi connectivity index (χ2v) is 5.02. The maximum Gasteiger partial charge on any atom is 0.326 e. The number of carbonyl (C=O) groups excluding carboxylic acids is 2. The summed E-state index contributed by atoms with van der Waals surface area (Å²) in [7, 11) is -4.14. The van der Waals surface area contributed by atoms with Crippen LogP contribution >= 0.6 is 7.60 Å². The maximum atomic E-state index is 11.0. The van der Waals surface area contributed by atoms with E-state index in [0.29, 0.717) is 0 Å². The van der Waals surface area contributed by atoms with Gasteiger partial charge in [0.05, 0.1) is 12.1 Å². The molecule has 0 bridgehead atoms. The predicted molar refractivity (Wildman–Crippen MR) is 52.9 cm³/mol. The van der Waals surface area contributed by atoms with Crippen LogP contribution in [0.25, 0.3) is 0 Å². The molecule has 0 aliphatic heterocycles. The second kappa shape index (κ2) is 5.85. The highest BCUT2D eigenvalue weighted by molar-refractivity contribution is 7.51. The zero-order valence-electron chi connectivity index (χ0n) is 8.34. The molecular weight excluding hydrogens is 223 g/mol. The largest absolute Gasteiger partial charge is 0.369 e. The van der Waals surface area contributed by atoms with Gasteiger partial charge in [-0.2, -0.15) is 0 Å². The van der Waals surface area contributed by atoms with Gasteiger partial charge in [0.1, 0.15) is 0 Å². The lowest BCUT2D eigenvalue weighted by Crippen LogP contribution is -2.34. The number of rotatable bonds is 6. The molecule has 0 spiro atoms. The minimum Gasteiger partial charge on any atom is -0.369 e. The van der Waals surface area contributed by atoms with E-state index < -0.39 is 31.5 Å². The van der Waals surface area contributed by atoms with Crippen LogP contribution < -0.4 is 11.1 Å². The molecular formula is C7H15N2O5P. The van der Waals surface area contributed by atoms with Crippen molar-refractivity contribution >= 4 is 19.4 Å². The molecule has 0 saturated carbocycles. The van der Waals surface area contributed by atoms with Crippen molar-refractivity contribution in [2.75, 3.05) is 12.7 Å². The van der Waals surface area contributed by atoms with Gasteiger partial charge in [0.2, 0.25) is 11.8 Å². The Morgan fingerprint density at radius 1 is 1.47 bits per heavy atom. The first-order valence-corrected chi connectivity index (χ1v) is 6.12. The molecule has 0 heterocycles. The summed E-state index contributed by atoms with van der Waals surface area (Å²) in [5, 5.41) is 2.35. The first-order chi connectivity index (χ1) is 6.72. The van der Waals surface area contributed by atoms with E-state index in [4.69, 9.17) is 15.5 Å². The van der Waals surface area contributed by atoms with Gasteiger partial charge in [0.15, 0.2) is 0 Å². The van der Waals surface area contributed by atoms with Gasteiger partial charge in [-0.05, 0) is 0 Å². The van der Waals surface area contributed by atoms with Crippen molar-refractivity contribution in [3.63, 3.8) is 0 Å². The summed E-state index contributed by atoms with van der Waals surface area (Å²) in [4.78, 5) is 38.6. The van der Waals surface area contributed by atoms with Crippen LogP contribution in [0, 0.1) is 5.92 Å². The van der Waals surface area contributed by atoms with E-state index in [1.807, 2.05) is 0 Å². The summed E-state index contributed by atoms with van der Waals surface area (Å²) in [6.45, 7) is 1.63. The third-order valence-electron chi connectivity index (χ3n) is 1.72. The Hall–Kier alpha value is -0.910. The first kappa shape index (κ1) is 14.1. The Balaban J connectivity index is 3.77. The molecule has 0 aliphatic rings. The summed E-state index contributed by atoms with van der Waals surface area (Å²) in [5.74, 6) is -1.54. The molecule has 0 aromatic carbocycles. The van der Waals surface area contributed by atoms with Gasteiger partial charge in [0, 0.05) is 13.0 Å². The SMILES string of the molecule is C[C@@H](CNC(=O)CCP(=O)(O)O)C(N)=O.